The molecule has 0 radical (unpaired) electrons. The molecule has 0 fully saturated rings. The molecule has 0 aliphatic heterocycles. The highest BCUT2D eigenvalue weighted by atomic mass is 16.5. The molecular formula is C17H20N2O4. The molecular weight excluding hydrogens is 296 g/mol. The van der Waals surface area contributed by atoms with E-state index in [-0.39, 0.29) is 11.9 Å². The first kappa shape index (κ1) is 16.7. The van der Waals surface area contributed by atoms with Crippen LogP contribution in [0.5, 0.6) is 0 Å². The van der Waals surface area contributed by atoms with E-state index in [9.17, 15) is 9.59 Å². The Balaban J connectivity index is 1.67. The summed E-state index contributed by atoms with van der Waals surface area (Å²) in [5.41, 5.74) is 1.45. The van der Waals surface area contributed by atoms with Crippen molar-refractivity contribution < 1.29 is 18.7 Å². The van der Waals surface area contributed by atoms with E-state index in [0.717, 1.165) is 24.8 Å². The number of nitrogens with one attached hydrogen (secondary N) is 1. The summed E-state index contributed by atoms with van der Waals surface area (Å²) >= 11 is 0. The van der Waals surface area contributed by atoms with Crippen LogP contribution in [0.15, 0.2) is 34.8 Å². The molecule has 0 atom stereocenters. The number of aromatic nitrogens is 1. The Morgan fingerprint density at radius 2 is 2.09 bits per heavy atom. The van der Waals surface area contributed by atoms with Gasteiger partial charge in [0, 0.05) is 25.1 Å². The molecule has 0 aliphatic rings. The maximum atomic E-state index is 11.7. The van der Waals surface area contributed by atoms with E-state index in [0.29, 0.717) is 24.4 Å². The van der Waals surface area contributed by atoms with E-state index >= 15 is 0 Å². The van der Waals surface area contributed by atoms with Crippen LogP contribution in [-0.4, -0.2) is 30.5 Å². The highest BCUT2D eigenvalue weighted by Crippen LogP contribution is 2.15. The lowest BCUT2D eigenvalue weighted by Gasteiger charge is -2.02. The number of fused-ring (bicyclic) bond motifs is 1. The van der Waals surface area contributed by atoms with Gasteiger partial charge in [-0.25, -0.2) is 4.98 Å². The van der Waals surface area contributed by atoms with Crippen molar-refractivity contribution in [1.82, 2.24) is 10.3 Å². The Morgan fingerprint density at radius 1 is 1.26 bits per heavy atom. The van der Waals surface area contributed by atoms with Crippen molar-refractivity contribution in [3.8, 4) is 0 Å². The zero-order valence-electron chi connectivity index (χ0n) is 13.1. The molecule has 0 saturated carbocycles. The maximum absolute atomic E-state index is 11.7. The van der Waals surface area contributed by atoms with Gasteiger partial charge in [-0.15, -0.1) is 0 Å². The second-order valence-electron chi connectivity index (χ2n) is 5.03. The predicted molar refractivity (Wildman–Crippen MR) is 86.5 cm³/mol. The van der Waals surface area contributed by atoms with E-state index in [1.807, 2.05) is 24.3 Å². The van der Waals surface area contributed by atoms with Crippen molar-refractivity contribution >= 4 is 29.1 Å². The zero-order chi connectivity index (χ0) is 16.5. The number of oxazole rings is 1. The summed E-state index contributed by atoms with van der Waals surface area (Å²) in [4.78, 5) is 26.9. The molecule has 6 nitrogen and oxygen atoms in total. The summed E-state index contributed by atoms with van der Waals surface area (Å²) < 4.78 is 10.0. The van der Waals surface area contributed by atoms with Crippen LogP contribution < -0.4 is 5.32 Å². The highest BCUT2D eigenvalue weighted by molar-refractivity contribution is 5.91. The minimum Gasteiger partial charge on any atom is -0.469 e. The number of amides is 1. The second kappa shape index (κ2) is 8.73. The molecule has 1 aromatic heterocycles. The average Bonchev–Trinajstić information content (AvgIpc) is 2.98. The van der Waals surface area contributed by atoms with E-state index in [4.69, 9.17) is 4.42 Å². The first-order valence-corrected chi connectivity index (χ1v) is 7.57. The average molecular weight is 316 g/mol. The summed E-state index contributed by atoms with van der Waals surface area (Å²) in [6.45, 7) is 0.567. The predicted octanol–water partition coefficient (Wildman–Crippen LogP) is 2.69. The largest absolute Gasteiger partial charge is 0.469 e. The number of hydrogen-bond acceptors (Lipinski definition) is 5. The Hall–Kier alpha value is -2.63. The number of carbonyl (C=O) groups is 2. The molecule has 2 rings (SSSR count). The fraction of sp³-hybridized carbons (Fsp3) is 0.353. The van der Waals surface area contributed by atoms with Crippen LogP contribution in [0.25, 0.3) is 17.2 Å². The van der Waals surface area contributed by atoms with Crippen LogP contribution >= 0.6 is 0 Å². The molecule has 0 aliphatic carbocycles. The topological polar surface area (TPSA) is 81.4 Å². The molecule has 0 bridgehead atoms. The molecule has 0 saturated heterocycles. The number of nitrogens with zero attached hydrogens (tertiary/aromatic N) is 1. The molecule has 1 N–H and O–H groups in total. The van der Waals surface area contributed by atoms with Gasteiger partial charge in [-0.1, -0.05) is 18.6 Å². The molecule has 2 aromatic rings. The number of methoxy groups -OCH3 is 1. The zero-order valence-corrected chi connectivity index (χ0v) is 13.1. The molecule has 1 aromatic carbocycles. The lowest BCUT2D eigenvalue weighted by molar-refractivity contribution is -0.140. The molecule has 6 heteroatoms. The quantitative estimate of drug-likeness (QED) is 0.460. The molecule has 23 heavy (non-hydrogen) atoms. The van der Waals surface area contributed by atoms with E-state index in [2.05, 4.69) is 15.0 Å². The summed E-state index contributed by atoms with van der Waals surface area (Å²) in [6.07, 6.45) is 5.82. The number of esters is 1. The second-order valence-corrected chi connectivity index (χ2v) is 5.03. The van der Waals surface area contributed by atoms with Crippen LogP contribution in [0.1, 0.15) is 31.6 Å². The third-order valence-electron chi connectivity index (χ3n) is 3.27. The van der Waals surface area contributed by atoms with Gasteiger partial charge in [0.15, 0.2) is 5.58 Å². The number of para-hydroxylation sites is 2. The Morgan fingerprint density at radius 3 is 2.87 bits per heavy atom. The van der Waals surface area contributed by atoms with Gasteiger partial charge in [0.1, 0.15) is 5.52 Å². The lowest BCUT2D eigenvalue weighted by Crippen LogP contribution is -2.22. The smallest absolute Gasteiger partial charge is 0.305 e. The van der Waals surface area contributed by atoms with E-state index in [1.165, 1.54) is 13.2 Å². The van der Waals surface area contributed by atoms with Gasteiger partial charge in [0.2, 0.25) is 11.8 Å². The van der Waals surface area contributed by atoms with Gasteiger partial charge in [-0.05, 0) is 25.0 Å². The molecule has 1 amide bonds. The normalized spacial score (nSPS) is 11.0. The summed E-state index contributed by atoms with van der Waals surface area (Å²) in [6, 6.07) is 7.43. The summed E-state index contributed by atoms with van der Waals surface area (Å²) in [5.74, 6) is 0.00922. The van der Waals surface area contributed by atoms with Crippen molar-refractivity contribution in [1.29, 1.82) is 0 Å². The third-order valence-corrected chi connectivity index (χ3v) is 3.27. The van der Waals surface area contributed by atoms with Gasteiger partial charge in [0.05, 0.1) is 7.11 Å². The minimum absolute atomic E-state index is 0.194. The summed E-state index contributed by atoms with van der Waals surface area (Å²) in [5, 5.41) is 2.78. The highest BCUT2D eigenvalue weighted by Gasteiger charge is 2.03. The number of unbranched alkanes of at least 4 members (excludes halogenated alkanes) is 2. The van der Waals surface area contributed by atoms with Gasteiger partial charge < -0.3 is 14.5 Å². The van der Waals surface area contributed by atoms with Crippen molar-refractivity contribution in [2.45, 2.75) is 25.7 Å². The monoisotopic (exact) mass is 316 g/mol. The minimum atomic E-state index is -0.199. The Kier molecular flexibility index (Phi) is 6.35. The third kappa shape index (κ3) is 5.58. The number of rotatable bonds is 8. The van der Waals surface area contributed by atoms with Crippen molar-refractivity contribution in [2.24, 2.45) is 0 Å². The van der Waals surface area contributed by atoms with Crippen LogP contribution in [0.3, 0.4) is 0 Å². The lowest BCUT2D eigenvalue weighted by atomic mass is 10.2. The van der Waals surface area contributed by atoms with E-state index in [1.54, 1.807) is 6.08 Å². The standard InChI is InChI=1S/C17H20N2O4/c1-22-17(21)9-3-2-6-12-18-15(20)10-11-16-19-13-7-4-5-8-14(13)23-16/h4-5,7-8,10-11H,2-3,6,9,12H2,1H3,(H,18,20)/b11-10+. The molecule has 0 unspecified atom stereocenters. The molecule has 0 spiro atoms. The van der Waals surface area contributed by atoms with Crippen LogP contribution in [0.4, 0.5) is 0 Å². The van der Waals surface area contributed by atoms with Crippen LogP contribution in [0.2, 0.25) is 0 Å². The fourth-order valence-electron chi connectivity index (χ4n) is 2.05. The number of ether oxygens (including phenoxy) is 1. The fourth-order valence-corrected chi connectivity index (χ4v) is 2.05. The Labute approximate surface area is 134 Å². The van der Waals surface area contributed by atoms with Gasteiger partial charge in [-0.2, -0.15) is 0 Å². The Bertz CT molecular complexity index is 658. The van der Waals surface area contributed by atoms with Crippen molar-refractivity contribution in [2.75, 3.05) is 13.7 Å². The van der Waals surface area contributed by atoms with Crippen molar-refractivity contribution in [3.05, 3.63) is 36.2 Å². The first-order valence-electron chi connectivity index (χ1n) is 7.57. The number of carbonyl (C=O) groups excluding carboxylic acids is 2. The first-order chi connectivity index (χ1) is 11.2. The van der Waals surface area contributed by atoms with Crippen LogP contribution in [0, 0.1) is 0 Å². The van der Waals surface area contributed by atoms with E-state index < -0.39 is 0 Å². The van der Waals surface area contributed by atoms with Gasteiger partial charge in [-0.3, -0.25) is 9.59 Å². The maximum Gasteiger partial charge on any atom is 0.305 e. The number of benzene rings is 1. The number of hydrogen-bond donors (Lipinski definition) is 1. The van der Waals surface area contributed by atoms with Gasteiger partial charge in [0.25, 0.3) is 0 Å². The molecule has 1 heterocycles. The van der Waals surface area contributed by atoms with Crippen molar-refractivity contribution in [3.63, 3.8) is 0 Å². The van der Waals surface area contributed by atoms with Crippen LogP contribution in [-0.2, 0) is 14.3 Å². The van der Waals surface area contributed by atoms with Gasteiger partial charge >= 0.3 is 5.97 Å². The molecule has 122 valence electrons. The summed E-state index contributed by atoms with van der Waals surface area (Å²) in [7, 11) is 1.38. The SMILES string of the molecule is COC(=O)CCCCCNC(=O)/C=C/c1nc2ccccc2o1.